The Hall–Kier alpha value is -0.790. The van der Waals surface area contributed by atoms with Gasteiger partial charge in [0, 0.05) is 0 Å². The number of hydrogen-bond acceptors (Lipinski definition) is 0. The van der Waals surface area contributed by atoms with Crippen molar-refractivity contribution in [2.75, 3.05) is 0 Å². The van der Waals surface area contributed by atoms with E-state index >= 15 is 0 Å². The van der Waals surface area contributed by atoms with Crippen molar-refractivity contribution in [2.45, 2.75) is 53.1 Å². The van der Waals surface area contributed by atoms with Crippen LogP contribution in [0.3, 0.4) is 0 Å². The zero-order chi connectivity index (χ0) is 10.8. The molecule has 2 nitrogen and oxygen atoms in total. The number of rotatable bonds is 3. The van der Waals surface area contributed by atoms with Gasteiger partial charge in [-0.25, -0.2) is 9.13 Å². The first-order chi connectivity index (χ1) is 6.39. The van der Waals surface area contributed by atoms with E-state index in [0.717, 1.165) is 12.5 Å². The predicted molar refractivity (Wildman–Crippen MR) is 59.1 cm³/mol. The largest absolute Gasteiger partial charge is 0.244 e. The highest BCUT2D eigenvalue weighted by molar-refractivity contribution is 4.78. The van der Waals surface area contributed by atoms with Crippen LogP contribution in [0, 0.1) is 5.92 Å². The number of hydrogen-bond donors (Lipinski definition) is 0. The summed E-state index contributed by atoms with van der Waals surface area (Å²) < 4.78 is 4.53. The van der Waals surface area contributed by atoms with Crippen molar-refractivity contribution in [3.63, 3.8) is 0 Å². The van der Waals surface area contributed by atoms with Crippen molar-refractivity contribution in [2.24, 2.45) is 5.92 Å². The Morgan fingerprint density at radius 3 is 2.36 bits per heavy atom. The molecule has 1 aromatic heterocycles. The third-order valence-electron chi connectivity index (χ3n) is 2.43. The van der Waals surface area contributed by atoms with Gasteiger partial charge in [0.2, 0.25) is 6.33 Å². The van der Waals surface area contributed by atoms with Gasteiger partial charge in [0.15, 0.2) is 0 Å². The van der Waals surface area contributed by atoms with Gasteiger partial charge in [-0.1, -0.05) is 13.8 Å². The van der Waals surface area contributed by atoms with E-state index in [-0.39, 0.29) is 5.54 Å². The summed E-state index contributed by atoms with van der Waals surface area (Å²) in [6, 6.07) is 0. The molecule has 0 aromatic carbocycles. The van der Waals surface area contributed by atoms with Gasteiger partial charge in [0.25, 0.3) is 0 Å². The molecule has 80 valence electrons. The lowest BCUT2D eigenvalue weighted by atomic mass is 10.1. The highest BCUT2D eigenvalue weighted by Gasteiger charge is 2.18. The van der Waals surface area contributed by atoms with E-state index in [0.29, 0.717) is 0 Å². The maximum Gasteiger partial charge on any atom is 0.244 e. The van der Waals surface area contributed by atoms with Crippen molar-refractivity contribution >= 4 is 0 Å². The average Bonchev–Trinajstić information content (AvgIpc) is 2.47. The molecule has 0 bridgehead atoms. The zero-order valence-electron chi connectivity index (χ0n) is 10.1. The fraction of sp³-hybridized carbons (Fsp3) is 0.750. The molecular weight excluding hydrogens is 172 g/mol. The number of aryl methyl sites for hydroxylation is 1. The summed E-state index contributed by atoms with van der Waals surface area (Å²) in [5, 5.41) is 0. The second-order valence-electron chi connectivity index (χ2n) is 5.41. The molecule has 0 radical (unpaired) electrons. The first kappa shape index (κ1) is 11.3. The summed E-state index contributed by atoms with van der Waals surface area (Å²) in [6.45, 7) is 12.3. The molecule has 0 unspecified atom stereocenters. The molecule has 0 aliphatic carbocycles. The Morgan fingerprint density at radius 1 is 1.29 bits per heavy atom. The van der Waals surface area contributed by atoms with Crippen LogP contribution in [0.1, 0.15) is 41.0 Å². The molecule has 0 N–H and O–H groups in total. The predicted octanol–water partition coefficient (Wildman–Crippen LogP) is 2.58. The second-order valence-corrected chi connectivity index (χ2v) is 5.41. The Bertz CT molecular complexity index is 279. The first-order valence-corrected chi connectivity index (χ1v) is 5.47. The van der Waals surface area contributed by atoms with Gasteiger partial charge in [0.1, 0.15) is 17.9 Å². The maximum absolute atomic E-state index is 2.27. The lowest BCUT2D eigenvalue weighted by molar-refractivity contribution is -0.697. The van der Waals surface area contributed by atoms with E-state index in [2.05, 4.69) is 62.5 Å². The molecule has 0 fully saturated rings. The molecule has 0 aliphatic rings. The van der Waals surface area contributed by atoms with Gasteiger partial charge in [-0.05, 0) is 33.1 Å². The monoisotopic (exact) mass is 195 g/mol. The Kier molecular flexibility index (Phi) is 3.35. The second kappa shape index (κ2) is 4.16. The molecule has 0 spiro atoms. The Labute approximate surface area is 87.6 Å². The van der Waals surface area contributed by atoms with Crippen LogP contribution in [0.5, 0.6) is 0 Å². The van der Waals surface area contributed by atoms with Crippen LogP contribution >= 0.6 is 0 Å². The molecular formula is C12H23N2+. The van der Waals surface area contributed by atoms with Gasteiger partial charge in [-0.3, -0.25) is 0 Å². The van der Waals surface area contributed by atoms with Crippen molar-refractivity contribution < 1.29 is 4.57 Å². The summed E-state index contributed by atoms with van der Waals surface area (Å²) in [6.07, 6.45) is 7.76. The Balaban J connectivity index is 2.60. The summed E-state index contributed by atoms with van der Waals surface area (Å²) >= 11 is 0. The highest BCUT2D eigenvalue weighted by Crippen LogP contribution is 2.11. The van der Waals surface area contributed by atoms with Gasteiger partial charge in [-0.2, -0.15) is 0 Å². The fourth-order valence-corrected chi connectivity index (χ4v) is 1.33. The molecule has 0 amide bonds. The third kappa shape index (κ3) is 3.17. The molecule has 14 heavy (non-hydrogen) atoms. The summed E-state index contributed by atoms with van der Waals surface area (Å²) in [4.78, 5) is 0. The van der Waals surface area contributed by atoms with Crippen LogP contribution in [0.2, 0.25) is 0 Å². The van der Waals surface area contributed by atoms with Crippen LogP contribution in [0.4, 0.5) is 0 Å². The zero-order valence-corrected chi connectivity index (χ0v) is 10.1. The van der Waals surface area contributed by atoms with Gasteiger partial charge in [0.05, 0.1) is 6.54 Å². The third-order valence-corrected chi connectivity index (χ3v) is 2.43. The van der Waals surface area contributed by atoms with Gasteiger partial charge >= 0.3 is 0 Å². The van der Waals surface area contributed by atoms with Crippen LogP contribution in [0.15, 0.2) is 18.7 Å². The van der Waals surface area contributed by atoms with Crippen molar-refractivity contribution in [1.82, 2.24) is 4.57 Å². The average molecular weight is 195 g/mol. The summed E-state index contributed by atoms with van der Waals surface area (Å²) in [5.41, 5.74) is 0.198. The topological polar surface area (TPSA) is 8.81 Å². The molecule has 2 heteroatoms. The molecule has 0 saturated carbocycles. The van der Waals surface area contributed by atoms with Crippen LogP contribution in [0.25, 0.3) is 0 Å². The van der Waals surface area contributed by atoms with E-state index < -0.39 is 0 Å². The Morgan fingerprint density at radius 2 is 1.93 bits per heavy atom. The minimum atomic E-state index is 0.198. The van der Waals surface area contributed by atoms with E-state index in [1.54, 1.807) is 0 Å². The normalized spacial score (nSPS) is 12.4. The lowest BCUT2D eigenvalue weighted by Gasteiger charge is -2.13. The maximum atomic E-state index is 2.27. The van der Waals surface area contributed by atoms with Crippen LogP contribution < -0.4 is 4.57 Å². The summed E-state index contributed by atoms with van der Waals surface area (Å²) in [5.74, 6) is 0.778. The lowest BCUT2D eigenvalue weighted by Crippen LogP contribution is -2.33. The van der Waals surface area contributed by atoms with E-state index in [4.69, 9.17) is 0 Å². The molecule has 0 aliphatic heterocycles. The van der Waals surface area contributed by atoms with Crippen molar-refractivity contribution in [1.29, 1.82) is 0 Å². The SMILES string of the molecule is CC(C)CC[n+]1ccn(C(C)(C)C)c1. The van der Waals surface area contributed by atoms with Crippen molar-refractivity contribution in [3.05, 3.63) is 18.7 Å². The van der Waals surface area contributed by atoms with E-state index in [1.165, 1.54) is 6.42 Å². The van der Waals surface area contributed by atoms with E-state index in [1.807, 2.05) is 0 Å². The first-order valence-electron chi connectivity index (χ1n) is 5.47. The van der Waals surface area contributed by atoms with Gasteiger partial charge in [-0.15, -0.1) is 0 Å². The molecule has 0 saturated heterocycles. The fourth-order valence-electron chi connectivity index (χ4n) is 1.33. The molecule has 1 heterocycles. The van der Waals surface area contributed by atoms with Crippen molar-refractivity contribution in [3.8, 4) is 0 Å². The smallest absolute Gasteiger partial charge is 0.237 e. The quantitative estimate of drug-likeness (QED) is 0.656. The molecule has 1 rings (SSSR count). The minimum Gasteiger partial charge on any atom is -0.237 e. The van der Waals surface area contributed by atoms with Crippen LogP contribution in [-0.2, 0) is 12.1 Å². The van der Waals surface area contributed by atoms with Crippen LogP contribution in [-0.4, -0.2) is 4.57 Å². The number of imidazole rings is 1. The highest BCUT2D eigenvalue weighted by atomic mass is 15.1. The molecule has 0 atom stereocenters. The minimum absolute atomic E-state index is 0.198. The van der Waals surface area contributed by atoms with Gasteiger partial charge < -0.3 is 0 Å². The standard InChI is InChI=1S/C12H23N2/c1-11(2)6-7-13-8-9-14(10-13)12(3,4)5/h8-11H,6-7H2,1-5H3/q+1. The summed E-state index contributed by atoms with van der Waals surface area (Å²) in [7, 11) is 0. The number of nitrogens with zero attached hydrogens (tertiary/aromatic N) is 2. The number of aromatic nitrogens is 2. The molecule has 1 aromatic rings. The van der Waals surface area contributed by atoms with E-state index in [9.17, 15) is 0 Å².